The molecule has 0 unspecified atom stereocenters. The summed E-state index contributed by atoms with van der Waals surface area (Å²) in [5.74, 6) is -0.946. The minimum atomic E-state index is -0.676. The van der Waals surface area contributed by atoms with E-state index in [4.69, 9.17) is 27.9 Å². The number of aromatic nitrogens is 2. The van der Waals surface area contributed by atoms with E-state index in [9.17, 15) is 10.1 Å². The predicted octanol–water partition coefficient (Wildman–Crippen LogP) is 6.31. The molecule has 4 rings (SSSR count). The molecular weight excluding hydrogens is 452 g/mol. The molecule has 32 heavy (non-hydrogen) atoms. The molecule has 5 nitrogen and oxygen atoms in total. The van der Waals surface area contributed by atoms with E-state index in [-0.39, 0.29) is 32.7 Å². The van der Waals surface area contributed by atoms with E-state index in [0.717, 1.165) is 0 Å². The lowest BCUT2D eigenvalue weighted by Crippen LogP contribution is -2.05. The number of hydrogen-bond donors (Lipinski definition) is 0. The maximum absolute atomic E-state index is 15.2. The van der Waals surface area contributed by atoms with Crippen LogP contribution in [0, 0.1) is 17.1 Å². The summed E-state index contributed by atoms with van der Waals surface area (Å²) < 4.78 is 21.5. The second-order valence-corrected chi connectivity index (χ2v) is 7.58. The summed E-state index contributed by atoms with van der Waals surface area (Å²) in [5.41, 5.74) is 1.62. The highest BCUT2D eigenvalue weighted by Gasteiger charge is 2.25. The number of hydrogen-bond acceptors (Lipinski definition) is 4. The van der Waals surface area contributed by atoms with Crippen LogP contribution in [0.2, 0.25) is 10.0 Å². The molecule has 8 heteroatoms. The van der Waals surface area contributed by atoms with Gasteiger partial charge in [-0.2, -0.15) is 5.26 Å². The number of nitrogens with zero attached hydrogens (tertiary/aromatic N) is 3. The van der Waals surface area contributed by atoms with E-state index < -0.39 is 11.8 Å². The second-order valence-electron chi connectivity index (χ2n) is 6.74. The molecule has 0 aliphatic carbocycles. The number of esters is 1. The zero-order valence-corrected chi connectivity index (χ0v) is 18.2. The van der Waals surface area contributed by atoms with E-state index in [1.165, 1.54) is 35.9 Å². The summed E-state index contributed by atoms with van der Waals surface area (Å²) in [5, 5.41) is 10.0. The Hall–Kier alpha value is -3.66. The Morgan fingerprint density at radius 2 is 1.81 bits per heavy atom. The molecule has 4 aromatic rings. The molecule has 0 aliphatic heterocycles. The van der Waals surface area contributed by atoms with Crippen molar-refractivity contribution in [2.45, 2.75) is 0 Å². The molecule has 0 radical (unpaired) electrons. The minimum absolute atomic E-state index is 0.0290. The molecule has 0 spiro atoms. The summed E-state index contributed by atoms with van der Waals surface area (Å²) in [6, 6.07) is 20.2. The van der Waals surface area contributed by atoms with Crippen molar-refractivity contribution in [1.29, 1.82) is 5.26 Å². The summed E-state index contributed by atoms with van der Waals surface area (Å²) in [7, 11) is 1.25. The number of benzene rings is 3. The minimum Gasteiger partial charge on any atom is -0.465 e. The highest BCUT2D eigenvalue weighted by atomic mass is 35.5. The van der Waals surface area contributed by atoms with Gasteiger partial charge in [0.15, 0.2) is 11.5 Å². The number of rotatable bonds is 4. The van der Waals surface area contributed by atoms with E-state index in [1.807, 2.05) is 18.2 Å². The van der Waals surface area contributed by atoms with Gasteiger partial charge in [0.2, 0.25) is 0 Å². The van der Waals surface area contributed by atoms with Gasteiger partial charge in [-0.05, 0) is 30.3 Å². The molecule has 3 aromatic carbocycles. The van der Waals surface area contributed by atoms with Crippen LogP contribution >= 0.6 is 23.2 Å². The number of carbonyl (C=O) groups excluding carboxylic acids is 1. The maximum atomic E-state index is 15.2. The number of ether oxygens (including phenoxy) is 1. The van der Waals surface area contributed by atoms with Crippen molar-refractivity contribution >= 4 is 29.2 Å². The Labute approximate surface area is 193 Å². The van der Waals surface area contributed by atoms with Crippen molar-refractivity contribution in [3.05, 3.63) is 93.8 Å². The van der Waals surface area contributed by atoms with Crippen molar-refractivity contribution in [1.82, 2.24) is 9.55 Å². The quantitative estimate of drug-likeness (QED) is 0.331. The Balaban J connectivity index is 2.11. The summed E-state index contributed by atoms with van der Waals surface area (Å²) >= 11 is 12.3. The monoisotopic (exact) mass is 465 g/mol. The van der Waals surface area contributed by atoms with Gasteiger partial charge in [-0.1, -0.05) is 59.6 Å². The Bertz CT molecular complexity index is 1380. The van der Waals surface area contributed by atoms with Gasteiger partial charge in [-0.15, -0.1) is 0 Å². The van der Waals surface area contributed by atoms with Crippen LogP contribution in [-0.4, -0.2) is 22.6 Å². The number of nitriles is 1. The molecule has 158 valence electrons. The van der Waals surface area contributed by atoms with Gasteiger partial charge in [-0.25, -0.2) is 14.2 Å². The van der Waals surface area contributed by atoms with Gasteiger partial charge in [0.1, 0.15) is 11.9 Å². The second kappa shape index (κ2) is 8.83. The standard InChI is InChI=1S/C24H14Cl2FN3O2/c1-32-24(31)16-10-15(11-17(25)12-16)22-19(13-28)29-23(14-6-3-2-4-7-14)30(22)20-9-5-8-18(26)21(20)27/h2-12H,1H3. The molecule has 0 N–H and O–H groups in total. The highest BCUT2D eigenvalue weighted by molar-refractivity contribution is 6.31. The van der Waals surface area contributed by atoms with Crippen LogP contribution < -0.4 is 0 Å². The third-order valence-electron chi connectivity index (χ3n) is 4.78. The molecule has 1 aromatic heterocycles. The number of carbonyl (C=O) groups is 1. The van der Waals surface area contributed by atoms with Gasteiger partial charge in [-0.3, -0.25) is 4.57 Å². The Kier molecular flexibility index (Phi) is 5.95. The number of halogens is 3. The summed E-state index contributed by atoms with van der Waals surface area (Å²) in [6.45, 7) is 0. The smallest absolute Gasteiger partial charge is 0.337 e. The molecule has 1 heterocycles. The third-order valence-corrected chi connectivity index (χ3v) is 5.29. The predicted molar refractivity (Wildman–Crippen MR) is 120 cm³/mol. The molecule has 0 saturated carbocycles. The van der Waals surface area contributed by atoms with Gasteiger partial charge < -0.3 is 4.74 Å². The van der Waals surface area contributed by atoms with Crippen LogP contribution in [0.15, 0.2) is 66.7 Å². The first kappa shape index (κ1) is 21.6. The van der Waals surface area contributed by atoms with Crippen molar-refractivity contribution in [3.8, 4) is 34.4 Å². The average Bonchev–Trinajstić information content (AvgIpc) is 3.20. The Morgan fingerprint density at radius 3 is 2.50 bits per heavy atom. The maximum Gasteiger partial charge on any atom is 0.337 e. The van der Waals surface area contributed by atoms with Crippen LogP contribution in [0.4, 0.5) is 4.39 Å². The van der Waals surface area contributed by atoms with Crippen LogP contribution in [0.1, 0.15) is 16.1 Å². The van der Waals surface area contributed by atoms with Crippen molar-refractivity contribution in [2.24, 2.45) is 0 Å². The summed E-state index contributed by atoms with van der Waals surface area (Å²) in [4.78, 5) is 16.6. The van der Waals surface area contributed by atoms with Gasteiger partial charge >= 0.3 is 5.97 Å². The molecule has 0 aliphatic rings. The van der Waals surface area contributed by atoms with Crippen LogP contribution in [0.25, 0.3) is 28.3 Å². The first-order valence-corrected chi connectivity index (χ1v) is 10.1. The summed E-state index contributed by atoms with van der Waals surface area (Å²) in [6.07, 6.45) is 0. The normalized spacial score (nSPS) is 10.6. The lowest BCUT2D eigenvalue weighted by atomic mass is 10.1. The fourth-order valence-corrected chi connectivity index (χ4v) is 3.81. The van der Waals surface area contributed by atoms with Crippen molar-refractivity contribution in [2.75, 3.05) is 7.11 Å². The van der Waals surface area contributed by atoms with Gasteiger partial charge in [0, 0.05) is 16.1 Å². The SMILES string of the molecule is COC(=O)c1cc(Cl)cc(-c2c(C#N)nc(-c3ccccc3)n2-c2cccc(Cl)c2F)c1. The fourth-order valence-electron chi connectivity index (χ4n) is 3.41. The number of methoxy groups -OCH3 is 1. The fraction of sp³-hybridized carbons (Fsp3) is 0.0417. The van der Waals surface area contributed by atoms with E-state index in [2.05, 4.69) is 11.1 Å². The van der Waals surface area contributed by atoms with E-state index in [0.29, 0.717) is 17.0 Å². The van der Waals surface area contributed by atoms with E-state index in [1.54, 1.807) is 24.3 Å². The van der Waals surface area contributed by atoms with Gasteiger partial charge in [0.05, 0.1) is 29.1 Å². The molecular formula is C24H14Cl2FN3O2. The van der Waals surface area contributed by atoms with Crippen LogP contribution in [0.5, 0.6) is 0 Å². The zero-order chi connectivity index (χ0) is 22.8. The highest BCUT2D eigenvalue weighted by Crippen LogP contribution is 2.36. The molecule has 0 amide bonds. The molecule has 0 saturated heterocycles. The molecule has 0 fully saturated rings. The first-order valence-electron chi connectivity index (χ1n) is 9.36. The number of imidazole rings is 1. The lowest BCUT2D eigenvalue weighted by molar-refractivity contribution is 0.0601. The van der Waals surface area contributed by atoms with Crippen LogP contribution in [-0.2, 0) is 4.74 Å². The lowest BCUT2D eigenvalue weighted by Gasteiger charge is -2.15. The third kappa shape index (κ3) is 3.84. The average molecular weight is 466 g/mol. The van der Waals surface area contributed by atoms with Crippen molar-refractivity contribution in [3.63, 3.8) is 0 Å². The molecule has 0 bridgehead atoms. The van der Waals surface area contributed by atoms with Crippen LogP contribution in [0.3, 0.4) is 0 Å². The Morgan fingerprint density at radius 1 is 1.06 bits per heavy atom. The first-order chi connectivity index (χ1) is 15.4. The molecule has 0 atom stereocenters. The van der Waals surface area contributed by atoms with Crippen molar-refractivity contribution < 1.29 is 13.9 Å². The topological polar surface area (TPSA) is 67.9 Å². The largest absolute Gasteiger partial charge is 0.465 e. The van der Waals surface area contributed by atoms with Gasteiger partial charge in [0.25, 0.3) is 0 Å². The van der Waals surface area contributed by atoms with E-state index >= 15 is 4.39 Å². The zero-order valence-electron chi connectivity index (χ0n) is 16.6.